The van der Waals surface area contributed by atoms with Crippen molar-refractivity contribution in [2.45, 2.75) is 20.3 Å². The Bertz CT molecular complexity index is 704. The van der Waals surface area contributed by atoms with Crippen LogP contribution in [0.2, 0.25) is 0 Å². The fraction of sp³-hybridized carbons (Fsp3) is 0.450. The third-order valence-corrected chi connectivity index (χ3v) is 5.76. The van der Waals surface area contributed by atoms with E-state index in [1.54, 1.807) is 0 Å². The maximum atomic E-state index is 12.1. The Morgan fingerprint density at radius 1 is 1.16 bits per heavy atom. The van der Waals surface area contributed by atoms with Gasteiger partial charge in [-0.15, -0.1) is 11.3 Å². The molecule has 25 heavy (non-hydrogen) atoms. The topological polar surface area (TPSA) is 35.6 Å². The van der Waals surface area contributed by atoms with E-state index >= 15 is 0 Å². The van der Waals surface area contributed by atoms with Crippen LogP contribution in [0.4, 0.5) is 5.69 Å². The van der Waals surface area contributed by atoms with E-state index < -0.39 is 0 Å². The minimum atomic E-state index is 0.0665. The number of piperazine rings is 1. The SMILES string of the molecule is Cc1cccc(N2CCN(CCCNC(=O)c3sccc3C)CC2)c1. The van der Waals surface area contributed by atoms with E-state index in [1.807, 2.05) is 18.4 Å². The van der Waals surface area contributed by atoms with Gasteiger partial charge in [0.05, 0.1) is 4.88 Å². The molecule has 0 aliphatic carbocycles. The minimum absolute atomic E-state index is 0.0665. The van der Waals surface area contributed by atoms with Crippen LogP contribution < -0.4 is 10.2 Å². The summed E-state index contributed by atoms with van der Waals surface area (Å²) >= 11 is 1.51. The van der Waals surface area contributed by atoms with Crippen LogP contribution in [0.15, 0.2) is 35.7 Å². The Hall–Kier alpha value is -1.85. The molecule has 1 aliphatic rings. The molecule has 134 valence electrons. The lowest BCUT2D eigenvalue weighted by Gasteiger charge is -2.36. The van der Waals surface area contributed by atoms with Crippen LogP contribution in [0, 0.1) is 13.8 Å². The summed E-state index contributed by atoms with van der Waals surface area (Å²) in [7, 11) is 0. The van der Waals surface area contributed by atoms with Crippen molar-refractivity contribution in [1.29, 1.82) is 0 Å². The summed E-state index contributed by atoms with van der Waals surface area (Å²) in [6.45, 7) is 10.2. The molecule has 1 aromatic heterocycles. The lowest BCUT2D eigenvalue weighted by Crippen LogP contribution is -2.47. The van der Waals surface area contributed by atoms with Crippen LogP contribution in [0.25, 0.3) is 0 Å². The van der Waals surface area contributed by atoms with E-state index in [1.165, 1.54) is 22.6 Å². The van der Waals surface area contributed by atoms with E-state index in [-0.39, 0.29) is 5.91 Å². The number of anilines is 1. The maximum Gasteiger partial charge on any atom is 0.261 e. The average Bonchev–Trinajstić information content (AvgIpc) is 3.05. The largest absolute Gasteiger partial charge is 0.369 e. The quantitative estimate of drug-likeness (QED) is 0.806. The molecule has 0 bridgehead atoms. The van der Waals surface area contributed by atoms with Crippen LogP contribution in [0.5, 0.6) is 0 Å². The van der Waals surface area contributed by atoms with Crippen molar-refractivity contribution in [2.75, 3.05) is 44.2 Å². The smallest absolute Gasteiger partial charge is 0.261 e. The van der Waals surface area contributed by atoms with Crippen LogP contribution in [-0.4, -0.2) is 50.1 Å². The van der Waals surface area contributed by atoms with E-state index in [0.717, 1.165) is 56.1 Å². The molecule has 1 aliphatic heterocycles. The van der Waals surface area contributed by atoms with Crippen molar-refractivity contribution in [1.82, 2.24) is 10.2 Å². The maximum absolute atomic E-state index is 12.1. The van der Waals surface area contributed by atoms with E-state index in [4.69, 9.17) is 0 Å². The Balaban J connectivity index is 1.36. The van der Waals surface area contributed by atoms with E-state index in [2.05, 4.69) is 46.3 Å². The Morgan fingerprint density at radius 3 is 2.64 bits per heavy atom. The fourth-order valence-electron chi connectivity index (χ4n) is 3.24. The van der Waals surface area contributed by atoms with Gasteiger partial charge in [0, 0.05) is 38.4 Å². The second-order valence-corrected chi connectivity index (χ2v) is 7.63. The average molecular weight is 358 g/mol. The third kappa shape index (κ3) is 4.83. The van der Waals surface area contributed by atoms with Gasteiger partial charge in [-0.25, -0.2) is 0 Å². The first-order valence-corrected chi connectivity index (χ1v) is 9.88. The van der Waals surface area contributed by atoms with Crippen LogP contribution in [0.1, 0.15) is 27.2 Å². The normalized spacial score (nSPS) is 15.4. The molecule has 1 saturated heterocycles. The molecular weight excluding hydrogens is 330 g/mol. The highest BCUT2D eigenvalue weighted by molar-refractivity contribution is 7.12. The van der Waals surface area contributed by atoms with Gasteiger partial charge in [-0.1, -0.05) is 12.1 Å². The Labute approximate surface area is 154 Å². The monoisotopic (exact) mass is 357 g/mol. The second kappa shape index (κ2) is 8.50. The zero-order valence-corrected chi connectivity index (χ0v) is 15.9. The number of thiophene rings is 1. The zero-order chi connectivity index (χ0) is 17.6. The Morgan fingerprint density at radius 2 is 1.96 bits per heavy atom. The molecular formula is C20H27N3OS. The minimum Gasteiger partial charge on any atom is -0.369 e. The second-order valence-electron chi connectivity index (χ2n) is 6.71. The van der Waals surface area contributed by atoms with Crippen molar-refractivity contribution in [3.63, 3.8) is 0 Å². The Kier molecular flexibility index (Phi) is 6.10. The van der Waals surface area contributed by atoms with Crippen molar-refractivity contribution in [2.24, 2.45) is 0 Å². The molecule has 0 unspecified atom stereocenters. The summed E-state index contributed by atoms with van der Waals surface area (Å²) < 4.78 is 0. The molecule has 4 nitrogen and oxygen atoms in total. The fourth-order valence-corrected chi connectivity index (χ4v) is 4.09. The van der Waals surface area contributed by atoms with E-state index in [0.29, 0.717) is 0 Å². The molecule has 0 saturated carbocycles. The molecule has 2 aromatic rings. The van der Waals surface area contributed by atoms with Gasteiger partial charge in [0.15, 0.2) is 0 Å². The van der Waals surface area contributed by atoms with Crippen molar-refractivity contribution >= 4 is 22.9 Å². The van der Waals surface area contributed by atoms with Gasteiger partial charge in [0.1, 0.15) is 0 Å². The molecule has 3 rings (SSSR count). The first-order valence-electron chi connectivity index (χ1n) is 9.00. The van der Waals surface area contributed by atoms with Crippen molar-refractivity contribution in [3.8, 4) is 0 Å². The lowest BCUT2D eigenvalue weighted by molar-refractivity contribution is 0.0955. The molecule has 0 spiro atoms. The predicted octanol–water partition coefficient (Wildman–Crippen LogP) is 3.31. The van der Waals surface area contributed by atoms with Gasteiger partial charge < -0.3 is 10.2 Å². The number of amides is 1. The number of aryl methyl sites for hydroxylation is 2. The lowest BCUT2D eigenvalue weighted by atomic mass is 10.2. The highest BCUT2D eigenvalue weighted by Gasteiger charge is 2.17. The number of benzene rings is 1. The van der Waals surface area contributed by atoms with Crippen LogP contribution in [0.3, 0.4) is 0 Å². The highest BCUT2D eigenvalue weighted by Crippen LogP contribution is 2.18. The number of rotatable bonds is 6. The zero-order valence-electron chi connectivity index (χ0n) is 15.1. The summed E-state index contributed by atoms with van der Waals surface area (Å²) in [4.78, 5) is 17.9. The van der Waals surface area contributed by atoms with Gasteiger partial charge in [-0.3, -0.25) is 9.69 Å². The third-order valence-electron chi connectivity index (χ3n) is 4.74. The number of hydrogen-bond donors (Lipinski definition) is 1. The van der Waals surface area contributed by atoms with Gasteiger partial charge in [-0.05, 0) is 61.5 Å². The van der Waals surface area contributed by atoms with Gasteiger partial charge in [0.2, 0.25) is 0 Å². The number of nitrogens with zero attached hydrogens (tertiary/aromatic N) is 2. The molecule has 0 radical (unpaired) electrons. The summed E-state index contributed by atoms with van der Waals surface area (Å²) in [5, 5.41) is 5.01. The number of carbonyl (C=O) groups is 1. The van der Waals surface area contributed by atoms with Crippen molar-refractivity contribution < 1.29 is 4.79 Å². The van der Waals surface area contributed by atoms with Crippen LogP contribution >= 0.6 is 11.3 Å². The number of hydrogen-bond acceptors (Lipinski definition) is 4. The highest BCUT2D eigenvalue weighted by atomic mass is 32.1. The molecule has 2 heterocycles. The molecule has 1 aromatic carbocycles. The summed E-state index contributed by atoms with van der Waals surface area (Å²) in [5.41, 5.74) is 3.71. The molecule has 0 atom stereocenters. The molecule has 5 heteroatoms. The summed E-state index contributed by atoms with van der Waals surface area (Å²) in [6, 6.07) is 10.7. The number of carbonyl (C=O) groups excluding carboxylic acids is 1. The first-order chi connectivity index (χ1) is 12.1. The summed E-state index contributed by atoms with van der Waals surface area (Å²) in [5.74, 6) is 0.0665. The van der Waals surface area contributed by atoms with Gasteiger partial charge >= 0.3 is 0 Å². The molecule has 1 fully saturated rings. The molecule has 1 amide bonds. The van der Waals surface area contributed by atoms with Crippen molar-refractivity contribution in [3.05, 3.63) is 51.7 Å². The molecule has 1 N–H and O–H groups in total. The van der Waals surface area contributed by atoms with Gasteiger partial charge in [-0.2, -0.15) is 0 Å². The number of nitrogens with one attached hydrogen (secondary N) is 1. The first kappa shape index (κ1) is 18.0. The van der Waals surface area contributed by atoms with Gasteiger partial charge in [0.25, 0.3) is 5.91 Å². The summed E-state index contributed by atoms with van der Waals surface area (Å²) in [6.07, 6.45) is 1.00. The standard InChI is InChI=1S/C20H27N3OS/c1-16-5-3-6-18(15-16)23-12-10-22(11-13-23)9-4-8-21-20(24)19-17(2)7-14-25-19/h3,5-7,14-15H,4,8-13H2,1-2H3,(H,21,24). The predicted molar refractivity (Wildman–Crippen MR) is 106 cm³/mol. The van der Waals surface area contributed by atoms with Crippen LogP contribution in [-0.2, 0) is 0 Å². The van der Waals surface area contributed by atoms with E-state index in [9.17, 15) is 4.79 Å².